The number of anilines is 1. The van der Waals surface area contributed by atoms with Crippen molar-refractivity contribution < 1.29 is 4.79 Å². The van der Waals surface area contributed by atoms with E-state index in [2.05, 4.69) is 51.4 Å². The Balaban J connectivity index is 1.54. The first kappa shape index (κ1) is 15.5. The van der Waals surface area contributed by atoms with E-state index in [-0.39, 0.29) is 5.91 Å². The van der Waals surface area contributed by atoms with Crippen molar-refractivity contribution in [3.63, 3.8) is 0 Å². The average molecular weight is 310 g/mol. The lowest BCUT2D eigenvalue weighted by Gasteiger charge is -2.34. The number of carbonyl (C=O) groups is 1. The van der Waals surface area contributed by atoms with Gasteiger partial charge < -0.3 is 15.1 Å². The van der Waals surface area contributed by atoms with Crippen LogP contribution in [0.3, 0.4) is 0 Å². The van der Waals surface area contributed by atoms with Gasteiger partial charge in [0.1, 0.15) is 0 Å². The third-order valence-electron chi connectivity index (χ3n) is 4.20. The first-order valence-electron chi connectivity index (χ1n) is 7.93. The normalized spacial score (nSPS) is 15.4. The molecule has 1 N–H and O–H groups in total. The maximum atomic E-state index is 12.0. The molecule has 1 fully saturated rings. The van der Waals surface area contributed by atoms with Gasteiger partial charge in [-0.2, -0.15) is 0 Å². The van der Waals surface area contributed by atoms with Gasteiger partial charge in [0.2, 0.25) is 0 Å². The molecule has 1 amide bonds. The average Bonchev–Trinajstić information content (AvgIpc) is 2.61. The number of amides is 1. The van der Waals surface area contributed by atoms with E-state index in [0.717, 1.165) is 31.7 Å². The fraction of sp³-hybridized carbons (Fsp3) is 0.333. The smallest absolute Gasteiger partial charge is 0.251 e. The Bertz CT molecular complexity index is 634. The van der Waals surface area contributed by atoms with E-state index < -0.39 is 0 Å². The van der Waals surface area contributed by atoms with E-state index >= 15 is 0 Å². The number of hydrogen-bond donors (Lipinski definition) is 1. The third kappa shape index (κ3) is 4.07. The van der Waals surface area contributed by atoms with Crippen LogP contribution in [-0.4, -0.2) is 49.0 Å². The predicted octanol–water partition coefficient (Wildman–Crippen LogP) is 1.76. The van der Waals surface area contributed by atoms with Crippen LogP contribution in [0, 0.1) is 0 Å². The van der Waals surface area contributed by atoms with Crippen molar-refractivity contribution in [1.29, 1.82) is 0 Å². The molecule has 5 nitrogen and oxygen atoms in total. The maximum absolute atomic E-state index is 12.0. The minimum atomic E-state index is -0.0736. The molecule has 2 aromatic rings. The van der Waals surface area contributed by atoms with Crippen LogP contribution in [0.25, 0.3) is 0 Å². The number of likely N-dealkylation sites (N-methyl/N-ethyl adjacent to an activating group) is 1. The number of carbonyl (C=O) groups excluding carboxylic acids is 1. The van der Waals surface area contributed by atoms with Crippen molar-refractivity contribution in [3.8, 4) is 0 Å². The van der Waals surface area contributed by atoms with E-state index in [1.165, 1.54) is 5.69 Å². The summed E-state index contributed by atoms with van der Waals surface area (Å²) in [5.41, 5.74) is 2.99. The zero-order valence-corrected chi connectivity index (χ0v) is 13.4. The molecule has 0 radical (unpaired) electrons. The van der Waals surface area contributed by atoms with E-state index in [1.807, 2.05) is 0 Å². The monoisotopic (exact) mass is 310 g/mol. The number of aromatic nitrogens is 1. The summed E-state index contributed by atoms with van der Waals surface area (Å²) in [6.07, 6.45) is 3.25. The lowest BCUT2D eigenvalue weighted by atomic mass is 10.1. The zero-order valence-electron chi connectivity index (χ0n) is 13.4. The van der Waals surface area contributed by atoms with E-state index in [9.17, 15) is 4.79 Å². The van der Waals surface area contributed by atoms with Crippen LogP contribution in [0.5, 0.6) is 0 Å². The largest absolute Gasteiger partial charge is 0.369 e. The second kappa shape index (κ2) is 7.24. The third-order valence-corrected chi connectivity index (χ3v) is 4.20. The summed E-state index contributed by atoms with van der Waals surface area (Å²) < 4.78 is 0. The molecule has 23 heavy (non-hydrogen) atoms. The number of piperazine rings is 1. The van der Waals surface area contributed by atoms with Crippen LogP contribution in [0.15, 0.2) is 48.8 Å². The highest BCUT2D eigenvalue weighted by Crippen LogP contribution is 2.17. The number of rotatable bonds is 4. The predicted molar refractivity (Wildman–Crippen MR) is 91.6 cm³/mol. The summed E-state index contributed by atoms with van der Waals surface area (Å²) in [6.45, 7) is 4.86. The molecule has 0 saturated carbocycles. The van der Waals surface area contributed by atoms with Gasteiger partial charge in [0.15, 0.2) is 0 Å². The van der Waals surface area contributed by atoms with Crippen LogP contribution in [0.1, 0.15) is 15.9 Å². The topological polar surface area (TPSA) is 48.5 Å². The standard InChI is InChI=1S/C18H22N4O/c1-21-10-12-22(13-11-21)17-4-2-15(3-5-17)14-20-18(23)16-6-8-19-9-7-16/h2-9H,10-14H2,1H3,(H,20,23). The quantitative estimate of drug-likeness (QED) is 0.935. The fourth-order valence-electron chi connectivity index (χ4n) is 2.68. The highest BCUT2D eigenvalue weighted by molar-refractivity contribution is 5.93. The van der Waals surface area contributed by atoms with E-state index in [1.54, 1.807) is 24.5 Å². The van der Waals surface area contributed by atoms with Crippen LogP contribution < -0.4 is 10.2 Å². The van der Waals surface area contributed by atoms with Crippen molar-refractivity contribution in [2.75, 3.05) is 38.1 Å². The molecule has 2 heterocycles. The van der Waals surface area contributed by atoms with Crippen molar-refractivity contribution in [1.82, 2.24) is 15.2 Å². The molecule has 1 aliphatic heterocycles. The van der Waals surface area contributed by atoms with Crippen molar-refractivity contribution in [2.45, 2.75) is 6.54 Å². The summed E-state index contributed by atoms with van der Waals surface area (Å²) in [7, 11) is 2.16. The molecule has 0 atom stereocenters. The second-order valence-electron chi connectivity index (χ2n) is 5.88. The number of pyridine rings is 1. The van der Waals surface area contributed by atoms with Crippen LogP contribution in [-0.2, 0) is 6.54 Å². The van der Waals surface area contributed by atoms with Crippen LogP contribution >= 0.6 is 0 Å². The van der Waals surface area contributed by atoms with Gasteiger partial charge in [-0.25, -0.2) is 0 Å². The molecule has 0 spiro atoms. The maximum Gasteiger partial charge on any atom is 0.251 e. The molecular weight excluding hydrogens is 288 g/mol. The molecule has 120 valence electrons. The summed E-state index contributed by atoms with van der Waals surface area (Å²) >= 11 is 0. The van der Waals surface area contributed by atoms with Crippen molar-refractivity contribution in [3.05, 3.63) is 59.9 Å². The van der Waals surface area contributed by atoms with Gasteiger partial charge in [-0.3, -0.25) is 9.78 Å². The SMILES string of the molecule is CN1CCN(c2ccc(CNC(=O)c3ccncc3)cc2)CC1. The Labute approximate surface area is 136 Å². The number of nitrogens with zero attached hydrogens (tertiary/aromatic N) is 3. The lowest BCUT2D eigenvalue weighted by molar-refractivity contribution is 0.0951. The molecule has 3 rings (SSSR count). The summed E-state index contributed by atoms with van der Waals surface area (Å²) in [6, 6.07) is 11.9. The highest BCUT2D eigenvalue weighted by Gasteiger charge is 2.14. The first-order valence-corrected chi connectivity index (χ1v) is 7.93. The molecule has 1 aromatic carbocycles. The van der Waals surface area contributed by atoms with Gasteiger partial charge >= 0.3 is 0 Å². The van der Waals surface area contributed by atoms with Crippen molar-refractivity contribution in [2.24, 2.45) is 0 Å². The molecule has 1 saturated heterocycles. The first-order chi connectivity index (χ1) is 11.2. The van der Waals surface area contributed by atoms with E-state index in [4.69, 9.17) is 0 Å². The van der Waals surface area contributed by atoms with Gasteiger partial charge in [0.05, 0.1) is 0 Å². The molecule has 0 bridgehead atoms. The fourth-order valence-corrected chi connectivity index (χ4v) is 2.68. The summed E-state index contributed by atoms with van der Waals surface area (Å²) in [5.74, 6) is -0.0736. The van der Waals surface area contributed by atoms with E-state index in [0.29, 0.717) is 12.1 Å². The van der Waals surface area contributed by atoms with Crippen molar-refractivity contribution >= 4 is 11.6 Å². The Morgan fingerprint density at radius 2 is 1.70 bits per heavy atom. The van der Waals surface area contributed by atoms with Crippen LogP contribution in [0.2, 0.25) is 0 Å². The molecular formula is C18H22N4O. The Morgan fingerprint density at radius 1 is 1.04 bits per heavy atom. The minimum Gasteiger partial charge on any atom is -0.369 e. The van der Waals surface area contributed by atoms with Gasteiger partial charge in [-0.15, -0.1) is 0 Å². The van der Waals surface area contributed by atoms with Gasteiger partial charge in [-0.1, -0.05) is 12.1 Å². The lowest BCUT2D eigenvalue weighted by Crippen LogP contribution is -2.44. The minimum absolute atomic E-state index is 0.0736. The number of hydrogen-bond acceptors (Lipinski definition) is 4. The number of benzene rings is 1. The Morgan fingerprint density at radius 3 is 2.35 bits per heavy atom. The van der Waals surface area contributed by atoms with Crippen LogP contribution in [0.4, 0.5) is 5.69 Å². The Hall–Kier alpha value is -2.40. The molecule has 1 aliphatic rings. The molecule has 0 unspecified atom stereocenters. The molecule has 0 aliphatic carbocycles. The Kier molecular flexibility index (Phi) is 4.88. The van der Waals surface area contributed by atoms with Gasteiger partial charge in [0.25, 0.3) is 5.91 Å². The van der Waals surface area contributed by atoms with Gasteiger partial charge in [0, 0.05) is 56.4 Å². The molecule has 5 heteroatoms. The summed E-state index contributed by atoms with van der Waals surface area (Å²) in [4.78, 5) is 20.7. The van der Waals surface area contributed by atoms with Gasteiger partial charge in [-0.05, 0) is 36.9 Å². The summed E-state index contributed by atoms with van der Waals surface area (Å²) in [5, 5.41) is 2.93. The molecule has 1 aromatic heterocycles. The zero-order chi connectivity index (χ0) is 16.1. The number of nitrogens with one attached hydrogen (secondary N) is 1. The second-order valence-corrected chi connectivity index (χ2v) is 5.88. The highest BCUT2D eigenvalue weighted by atomic mass is 16.1.